The van der Waals surface area contributed by atoms with Crippen LogP contribution in [0.3, 0.4) is 0 Å². The minimum Gasteiger partial charge on any atom is -0.378 e. The van der Waals surface area contributed by atoms with Gasteiger partial charge in [-0.3, -0.25) is 14.4 Å². The van der Waals surface area contributed by atoms with Gasteiger partial charge in [0.1, 0.15) is 22.7 Å². The molecule has 2 bridgehead atoms. The third kappa shape index (κ3) is 5.94. The van der Waals surface area contributed by atoms with E-state index < -0.39 is 27.5 Å². The minimum absolute atomic E-state index is 0.0107. The summed E-state index contributed by atoms with van der Waals surface area (Å²) in [5, 5.41) is 4.07. The van der Waals surface area contributed by atoms with Gasteiger partial charge in [0.05, 0.1) is 30.3 Å². The first kappa shape index (κ1) is 31.8. The standard InChI is InChI=1S/C31H35Cl2N5O6S/c1-31(2,3)27(35-28(39)24-12-18-6-4-5-7-23(18)34-24)30(41)37-16-20-14-21(37)15-36(20)29(40)25-17-44-11-10-38(25)45(42,43)26-13-19(32)8-9-22(26)33/h4-9,12-13,20-21,25,27,34H,10-11,14-17H2,1-3H3,(H,35,39)/t20-,21-,25+,27+/m0/s1. The molecular weight excluding hydrogens is 641 g/mol. The van der Waals surface area contributed by atoms with Gasteiger partial charge in [0.15, 0.2) is 0 Å². The molecule has 4 heterocycles. The number of benzene rings is 2. The summed E-state index contributed by atoms with van der Waals surface area (Å²) in [5.74, 6) is -0.970. The Morgan fingerprint density at radius 2 is 1.73 bits per heavy atom. The quantitative estimate of drug-likeness (QED) is 0.411. The van der Waals surface area contributed by atoms with Gasteiger partial charge in [-0.05, 0) is 42.2 Å². The van der Waals surface area contributed by atoms with Crippen molar-refractivity contribution < 1.29 is 27.5 Å². The van der Waals surface area contributed by atoms with E-state index in [4.69, 9.17) is 27.9 Å². The van der Waals surface area contributed by atoms with E-state index in [1.807, 2.05) is 45.0 Å². The fraction of sp³-hybridized carbons (Fsp3) is 0.452. The van der Waals surface area contributed by atoms with E-state index in [1.54, 1.807) is 15.9 Å². The number of hydrogen-bond donors (Lipinski definition) is 2. The molecule has 2 N–H and O–H groups in total. The Hall–Kier alpha value is -3.16. The van der Waals surface area contributed by atoms with Crippen LogP contribution in [-0.4, -0.2) is 102 Å². The number of para-hydroxylation sites is 1. The lowest BCUT2D eigenvalue weighted by Gasteiger charge is -2.41. The normalized spacial score (nSPS) is 23.0. The summed E-state index contributed by atoms with van der Waals surface area (Å²) in [7, 11) is -4.16. The first-order valence-corrected chi connectivity index (χ1v) is 17.0. The molecule has 2 aromatic carbocycles. The number of nitrogens with zero attached hydrogens (tertiary/aromatic N) is 3. The van der Waals surface area contributed by atoms with Gasteiger partial charge in [-0.1, -0.05) is 62.2 Å². The number of likely N-dealkylation sites (tertiary alicyclic amines) is 2. The van der Waals surface area contributed by atoms with Crippen LogP contribution in [0, 0.1) is 5.41 Å². The fourth-order valence-corrected chi connectivity index (χ4v) is 8.78. The molecule has 0 aliphatic carbocycles. The highest BCUT2D eigenvalue weighted by Crippen LogP contribution is 2.36. The number of carbonyl (C=O) groups excluding carboxylic acids is 3. The van der Waals surface area contributed by atoms with E-state index in [1.165, 1.54) is 18.2 Å². The number of carbonyl (C=O) groups is 3. The first-order valence-electron chi connectivity index (χ1n) is 14.8. The number of hydrogen-bond acceptors (Lipinski definition) is 6. The van der Waals surface area contributed by atoms with Gasteiger partial charge in [-0.15, -0.1) is 0 Å². The average molecular weight is 677 g/mol. The van der Waals surface area contributed by atoms with E-state index in [9.17, 15) is 22.8 Å². The molecule has 0 radical (unpaired) electrons. The van der Waals surface area contributed by atoms with E-state index >= 15 is 0 Å². The molecule has 3 aromatic rings. The summed E-state index contributed by atoms with van der Waals surface area (Å²) in [4.78, 5) is 47.5. The second-order valence-electron chi connectivity index (χ2n) is 12.8. The predicted octanol–water partition coefficient (Wildman–Crippen LogP) is 3.52. The number of halogens is 2. The summed E-state index contributed by atoms with van der Waals surface area (Å²) in [5.41, 5.74) is 0.603. The highest BCUT2D eigenvalue weighted by molar-refractivity contribution is 7.89. The van der Waals surface area contributed by atoms with Gasteiger partial charge in [0.25, 0.3) is 5.91 Å². The summed E-state index contributed by atoms with van der Waals surface area (Å²) in [6.07, 6.45) is 0.560. The van der Waals surface area contributed by atoms with E-state index in [2.05, 4.69) is 10.3 Å². The van der Waals surface area contributed by atoms with Crippen molar-refractivity contribution in [2.75, 3.05) is 32.8 Å². The van der Waals surface area contributed by atoms with Crippen molar-refractivity contribution in [1.29, 1.82) is 0 Å². The largest absolute Gasteiger partial charge is 0.378 e. The number of H-pyrrole nitrogens is 1. The van der Waals surface area contributed by atoms with Crippen molar-refractivity contribution in [3.05, 3.63) is 64.3 Å². The van der Waals surface area contributed by atoms with Crippen molar-refractivity contribution >= 4 is 61.8 Å². The molecular formula is C31H35Cl2N5O6S. The summed E-state index contributed by atoms with van der Waals surface area (Å²) < 4.78 is 34.0. The SMILES string of the molecule is CC(C)(C)[C@H](NC(=O)c1cc2ccccc2[nH]1)C(=O)N1C[C@@H]2C[C@H]1CN2C(=O)[C@H]1COCCN1S(=O)(=O)c1cc(Cl)ccc1Cl. The maximum absolute atomic E-state index is 14.0. The number of aromatic nitrogens is 1. The number of sulfonamides is 1. The molecule has 0 unspecified atom stereocenters. The lowest BCUT2D eigenvalue weighted by molar-refractivity contribution is -0.146. The number of amides is 3. The monoisotopic (exact) mass is 675 g/mol. The van der Waals surface area contributed by atoms with Gasteiger partial charge >= 0.3 is 0 Å². The van der Waals surface area contributed by atoms with Crippen LogP contribution in [0.1, 0.15) is 37.7 Å². The van der Waals surface area contributed by atoms with Crippen molar-refractivity contribution in [1.82, 2.24) is 24.4 Å². The summed E-state index contributed by atoms with van der Waals surface area (Å²) in [6.45, 7) is 6.25. The number of ether oxygens (including phenoxy) is 1. The number of piperazine rings is 1. The van der Waals surface area contributed by atoms with Gasteiger partial charge in [-0.2, -0.15) is 4.31 Å². The third-order valence-corrected chi connectivity index (χ3v) is 11.4. The Kier molecular flexibility index (Phi) is 8.40. The third-order valence-electron chi connectivity index (χ3n) is 8.81. The molecule has 4 atom stereocenters. The molecule has 45 heavy (non-hydrogen) atoms. The highest BCUT2D eigenvalue weighted by atomic mass is 35.5. The second-order valence-corrected chi connectivity index (χ2v) is 15.6. The van der Waals surface area contributed by atoms with Crippen LogP contribution in [0.15, 0.2) is 53.4 Å². The maximum atomic E-state index is 14.0. The van der Waals surface area contributed by atoms with Gasteiger partial charge in [-0.25, -0.2) is 8.42 Å². The zero-order valence-corrected chi connectivity index (χ0v) is 27.5. The van der Waals surface area contributed by atoms with Crippen molar-refractivity contribution in [2.45, 2.75) is 56.3 Å². The van der Waals surface area contributed by atoms with Crippen LogP contribution in [0.5, 0.6) is 0 Å². The number of rotatable bonds is 6. The Bertz CT molecular complexity index is 1740. The maximum Gasteiger partial charge on any atom is 0.268 e. The molecule has 1 aromatic heterocycles. The molecule has 3 fully saturated rings. The number of morpholine rings is 1. The lowest BCUT2D eigenvalue weighted by atomic mass is 9.85. The van der Waals surface area contributed by atoms with Crippen LogP contribution in [-0.2, 0) is 24.3 Å². The average Bonchev–Trinajstić information content (AvgIpc) is 3.74. The topological polar surface area (TPSA) is 132 Å². The zero-order valence-electron chi connectivity index (χ0n) is 25.1. The van der Waals surface area contributed by atoms with Crippen molar-refractivity contribution in [2.24, 2.45) is 5.41 Å². The molecule has 240 valence electrons. The molecule has 6 rings (SSSR count). The Labute approximate surface area is 271 Å². The molecule has 3 saturated heterocycles. The van der Waals surface area contributed by atoms with Crippen molar-refractivity contribution in [3.8, 4) is 0 Å². The highest BCUT2D eigenvalue weighted by Gasteiger charge is 2.52. The molecule has 3 aliphatic heterocycles. The summed E-state index contributed by atoms with van der Waals surface area (Å²) in [6, 6.07) is 11.0. The van der Waals surface area contributed by atoms with Gasteiger partial charge in [0, 0.05) is 35.6 Å². The van der Waals surface area contributed by atoms with E-state index in [0.717, 1.165) is 15.2 Å². The number of fused-ring (bicyclic) bond motifs is 3. The van der Waals surface area contributed by atoms with Gasteiger partial charge in [0.2, 0.25) is 21.8 Å². The van der Waals surface area contributed by atoms with E-state index in [0.29, 0.717) is 12.1 Å². The molecule has 0 saturated carbocycles. The van der Waals surface area contributed by atoms with Crippen LogP contribution in [0.4, 0.5) is 0 Å². The van der Waals surface area contributed by atoms with Crippen LogP contribution >= 0.6 is 23.2 Å². The predicted molar refractivity (Wildman–Crippen MR) is 170 cm³/mol. The van der Waals surface area contributed by atoms with Crippen LogP contribution < -0.4 is 5.32 Å². The van der Waals surface area contributed by atoms with Crippen LogP contribution in [0.2, 0.25) is 10.0 Å². The Morgan fingerprint density at radius 3 is 2.42 bits per heavy atom. The molecule has 3 aliphatic rings. The lowest BCUT2D eigenvalue weighted by Crippen LogP contribution is -2.62. The molecule has 11 nitrogen and oxygen atoms in total. The first-order chi connectivity index (χ1) is 21.3. The number of nitrogens with one attached hydrogen (secondary N) is 2. The Balaban J connectivity index is 1.16. The van der Waals surface area contributed by atoms with Crippen LogP contribution in [0.25, 0.3) is 10.9 Å². The second kappa shape index (κ2) is 11.9. The molecule has 3 amide bonds. The Morgan fingerprint density at radius 1 is 1.02 bits per heavy atom. The van der Waals surface area contributed by atoms with E-state index in [-0.39, 0.29) is 77.6 Å². The van der Waals surface area contributed by atoms with Crippen molar-refractivity contribution in [3.63, 3.8) is 0 Å². The fourth-order valence-electron chi connectivity index (χ4n) is 6.49. The summed E-state index contributed by atoms with van der Waals surface area (Å²) >= 11 is 12.3. The zero-order chi connectivity index (χ0) is 32.3. The minimum atomic E-state index is -4.16. The molecule has 0 spiro atoms. The smallest absolute Gasteiger partial charge is 0.268 e. The van der Waals surface area contributed by atoms with Gasteiger partial charge < -0.3 is 24.8 Å². The number of aromatic amines is 1. The molecule has 14 heteroatoms.